The molecule has 1 aromatic rings. The van der Waals surface area contributed by atoms with Crippen LogP contribution in [0.25, 0.3) is 0 Å². The van der Waals surface area contributed by atoms with Gasteiger partial charge in [0.05, 0.1) is 6.20 Å². The molecule has 0 bridgehead atoms. The zero-order chi connectivity index (χ0) is 16.4. The van der Waals surface area contributed by atoms with Gasteiger partial charge >= 0.3 is 5.92 Å². The van der Waals surface area contributed by atoms with Crippen LogP contribution in [0.2, 0.25) is 0 Å². The van der Waals surface area contributed by atoms with E-state index >= 15 is 0 Å². The lowest BCUT2D eigenvalue weighted by molar-refractivity contribution is -0.0911. The fraction of sp³-hybridized carbons (Fsp3) is 0.667. The van der Waals surface area contributed by atoms with Gasteiger partial charge in [0.15, 0.2) is 6.61 Å². The number of alkyl halides is 2. The van der Waals surface area contributed by atoms with Gasteiger partial charge in [-0.1, -0.05) is 13.8 Å². The Balaban J connectivity index is 0.00000116. The Morgan fingerprint density at radius 2 is 1.91 bits per heavy atom. The van der Waals surface area contributed by atoms with E-state index < -0.39 is 19.1 Å². The van der Waals surface area contributed by atoms with E-state index in [-0.39, 0.29) is 0 Å². The van der Waals surface area contributed by atoms with E-state index in [1.165, 1.54) is 13.3 Å². The highest BCUT2D eigenvalue weighted by molar-refractivity contribution is 5.41. The number of piperazine rings is 1. The second kappa shape index (κ2) is 9.53. The molecule has 2 heterocycles. The highest BCUT2D eigenvalue weighted by Gasteiger charge is 2.30. The molecule has 0 amide bonds. The summed E-state index contributed by atoms with van der Waals surface area (Å²) >= 11 is 0. The normalized spacial score (nSPS) is 15.0. The molecule has 1 aromatic heterocycles. The van der Waals surface area contributed by atoms with Crippen LogP contribution in [0.4, 0.5) is 14.6 Å². The molecule has 1 aliphatic rings. The van der Waals surface area contributed by atoms with Crippen molar-refractivity contribution in [3.63, 3.8) is 0 Å². The standard InChI is InChI=1S/C13H19F2N3O2.C2H6/c1-19-9-13(14,15)10-20-11-2-3-12(17-8-11)18-6-4-16-5-7-18;1-2/h2-3,8,16H,4-7,9-10H2,1H3;1-2H3. The predicted octanol–water partition coefficient (Wildman–Crippen LogP) is 2.18. The zero-order valence-electron chi connectivity index (χ0n) is 13.4. The van der Waals surface area contributed by atoms with Gasteiger partial charge in [0.1, 0.15) is 18.2 Å². The van der Waals surface area contributed by atoms with Crippen LogP contribution < -0.4 is 15.0 Å². The van der Waals surface area contributed by atoms with E-state index in [9.17, 15) is 8.78 Å². The average molecular weight is 317 g/mol. The Bertz CT molecular complexity index is 410. The number of methoxy groups -OCH3 is 1. The molecular formula is C15H25F2N3O2. The summed E-state index contributed by atoms with van der Waals surface area (Å²) in [6, 6.07) is 3.45. The van der Waals surface area contributed by atoms with Gasteiger partial charge in [-0.25, -0.2) is 13.8 Å². The number of pyridine rings is 1. The Labute approximate surface area is 130 Å². The van der Waals surface area contributed by atoms with Crippen LogP contribution in [0.3, 0.4) is 0 Å². The van der Waals surface area contributed by atoms with E-state index in [2.05, 4.69) is 19.9 Å². The van der Waals surface area contributed by atoms with Crippen molar-refractivity contribution in [2.75, 3.05) is 51.4 Å². The summed E-state index contributed by atoms with van der Waals surface area (Å²) in [5, 5.41) is 3.26. The van der Waals surface area contributed by atoms with Gasteiger partial charge < -0.3 is 19.7 Å². The Morgan fingerprint density at radius 1 is 1.23 bits per heavy atom. The van der Waals surface area contributed by atoms with Crippen molar-refractivity contribution >= 4 is 5.82 Å². The third-order valence-electron chi connectivity index (χ3n) is 2.97. The number of aromatic nitrogens is 1. The lowest BCUT2D eigenvalue weighted by Gasteiger charge is -2.28. The van der Waals surface area contributed by atoms with Gasteiger partial charge in [0.2, 0.25) is 0 Å². The quantitative estimate of drug-likeness (QED) is 0.871. The van der Waals surface area contributed by atoms with Crippen LogP contribution in [0.5, 0.6) is 5.75 Å². The fourth-order valence-corrected chi connectivity index (χ4v) is 1.98. The largest absolute Gasteiger partial charge is 0.486 e. The number of halogens is 2. The molecule has 22 heavy (non-hydrogen) atoms. The van der Waals surface area contributed by atoms with Crippen molar-refractivity contribution in [1.82, 2.24) is 10.3 Å². The summed E-state index contributed by atoms with van der Waals surface area (Å²) in [4.78, 5) is 6.38. The maximum absolute atomic E-state index is 13.2. The minimum absolute atomic E-state index is 0.333. The minimum Gasteiger partial charge on any atom is -0.486 e. The van der Waals surface area contributed by atoms with Gasteiger partial charge in [0, 0.05) is 33.3 Å². The number of hydrogen-bond donors (Lipinski definition) is 1. The smallest absolute Gasteiger partial charge is 0.304 e. The Hall–Kier alpha value is -1.47. The molecule has 0 atom stereocenters. The molecule has 0 radical (unpaired) electrons. The number of nitrogens with one attached hydrogen (secondary N) is 1. The molecule has 2 rings (SSSR count). The van der Waals surface area contributed by atoms with Crippen LogP contribution >= 0.6 is 0 Å². The van der Waals surface area contributed by atoms with Crippen LogP contribution in [-0.2, 0) is 4.74 Å². The van der Waals surface area contributed by atoms with Crippen molar-refractivity contribution in [2.24, 2.45) is 0 Å². The van der Waals surface area contributed by atoms with E-state index in [0.29, 0.717) is 5.75 Å². The first kappa shape index (κ1) is 18.6. The number of rotatable bonds is 6. The minimum atomic E-state index is -2.99. The van der Waals surface area contributed by atoms with Gasteiger partial charge in [-0.3, -0.25) is 0 Å². The third kappa shape index (κ3) is 6.11. The van der Waals surface area contributed by atoms with Crippen LogP contribution in [0.1, 0.15) is 13.8 Å². The van der Waals surface area contributed by atoms with Gasteiger partial charge in [-0.05, 0) is 12.1 Å². The van der Waals surface area contributed by atoms with Crippen molar-refractivity contribution in [3.05, 3.63) is 18.3 Å². The summed E-state index contributed by atoms with van der Waals surface area (Å²) in [6.45, 7) is 6.25. The second-order valence-corrected chi connectivity index (χ2v) is 4.67. The monoisotopic (exact) mass is 317 g/mol. The van der Waals surface area contributed by atoms with Crippen molar-refractivity contribution in [2.45, 2.75) is 19.8 Å². The third-order valence-corrected chi connectivity index (χ3v) is 2.97. The highest BCUT2D eigenvalue weighted by atomic mass is 19.3. The number of nitrogens with zero attached hydrogens (tertiary/aromatic N) is 2. The maximum atomic E-state index is 13.2. The summed E-state index contributed by atoms with van der Waals surface area (Å²) in [5.74, 6) is -1.83. The fourth-order valence-electron chi connectivity index (χ4n) is 1.98. The number of hydrogen-bond acceptors (Lipinski definition) is 5. The molecule has 0 spiro atoms. The van der Waals surface area contributed by atoms with Gasteiger partial charge in [-0.2, -0.15) is 0 Å². The number of anilines is 1. The first-order valence-electron chi connectivity index (χ1n) is 7.52. The van der Waals surface area contributed by atoms with E-state index in [1.807, 2.05) is 13.8 Å². The van der Waals surface area contributed by atoms with Gasteiger partial charge in [-0.15, -0.1) is 0 Å². The molecule has 1 saturated heterocycles. The summed E-state index contributed by atoms with van der Waals surface area (Å²) in [5.41, 5.74) is 0. The van der Waals surface area contributed by atoms with Gasteiger partial charge in [0.25, 0.3) is 0 Å². The molecule has 5 nitrogen and oxygen atoms in total. The maximum Gasteiger partial charge on any atom is 0.304 e. The molecular weight excluding hydrogens is 292 g/mol. The first-order chi connectivity index (χ1) is 10.6. The Morgan fingerprint density at radius 3 is 2.45 bits per heavy atom. The number of ether oxygens (including phenoxy) is 2. The summed E-state index contributed by atoms with van der Waals surface area (Å²) in [7, 11) is 1.23. The van der Waals surface area contributed by atoms with E-state index in [1.54, 1.807) is 12.1 Å². The average Bonchev–Trinajstić information content (AvgIpc) is 2.56. The lowest BCUT2D eigenvalue weighted by Crippen LogP contribution is -2.43. The van der Waals surface area contributed by atoms with Crippen LogP contribution in [0, 0.1) is 0 Å². The molecule has 0 aromatic carbocycles. The molecule has 0 unspecified atom stereocenters. The SMILES string of the molecule is CC.COCC(F)(F)COc1ccc(N2CCNCC2)nc1. The second-order valence-electron chi connectivity index (χ2n) is 4.67. The topological polar surface area (TPSA) is 46.6 Å². The highest BCUT2D eigenvalue weighted by Crippen LogP contribution is 2.19. The molecule has 126 valence electrons. The first-order valence-corrected chi connectivity index (χ1v) is 7.52. The molecule has 1 aliphatic heterocycles. The molecule has 0 aliphatic carbocycles. The summed E-state index contributed by atoms with van der Waals surface area (Å²) in [6.07, 6.45) is 1.47. The lowest BCUT2D eigenvalue weighted by atomic mass is 10.3. The molecule has 1 fully saturated rings. The predicted molar refractivity (Wildman–Crippen MR) is 83.0 cm³/mol. The zero-order valence-corrected chi connectivity index (χ0v) is 13.4. The Kier molecular flexibility index (Phi) is 8.05. The van der Waals surface area contributed by atoms with Crippen LogP contribution in [-0.4, -0.2) is 57.4 Å². The van der Waals surface area contributed by atoms with Crippen molar-refractivity contribution in [1.29, 1.82) is 0 Å². The van der Waals surface area contributed by atoms with E-state index in [0.717, 1.165) is 32.0 Å². The molecule has 1 N–H and O–H groups in total. The molecule has 7 heteroatoms. The van der Waals surface area contributed by atoms with E-state index in [4.69, 9.17) is 4.74 Å². The van der Waals surface area contributed by atoms with Crippen molar-refractivity contribution < 1.29 is 18.3 Å². The van der Waals surface area contributed by atoms with Crippen molar-refractivity contribution in [3.8, 4) is 5.75 Å². The summed E-state index contributed by atoms with van der Waals surface area (Å²) < 4.78 is 35.9. The van der Waals surface area contributed by atoms with Crippen LogP contribution in [0.15, 0.2) is 18.3 Å². The molecule has 0 saturated carbocycles.